The van der Waals surface area contributed by atoms with Gasteiger partial charge < -0.3 is 9.84 Å². The third-order valence-electron chi connectivity index (χ3n) is 0.730. The van der Waals surface area contributed by atoms with Crippen LogP contribution in [0.25, 0.3) is 0 Å². The topological polar surface area (TPSA) is 29.5 Å². The Morgan fingerprint density at radius 3 is 2.56 bits per heavy atom. The van der Waals surface area contributed by atoms with Crippen LogP contribution in [0.5, 0.6) is 0 Å². The van der Waals surface area contributed by atoms with Crippen molar-refractivity contribution in [2.75, 3.05) is 6.61 Å². The quantitative estimate of drug-likeness (QED) is 0.445. The molecular formula is C7H12O2. The van der Waals surface area contributed by atoms with Gasteiger partial charge in [0.25, 0.3) is 0 Å². The zero-order valence-electron chi connectivity index (χ0n) is 5.79. The molecule has 0 aromatic carbocycles. The van der Waals surface area contributed by atoms with Crippen molar-refractivity contribution in [1.82, 2.24) is 0 Å². The maximum Gasteiger partial charge on any atom is 0.219 e. The van der Waals surface area contributed by atoms with E-state index in [9.17, 15) is 0 Å². The van der Waals surface area contributed by atoms with Gasteiger partial charge in [-0.25, -0.2) is 0 Å². The van der Waals surface area contributed by atoms with Gasteiger partial charge in [-0.1, -0.05) is 13.8 Å². The molecule has 9 heavy (non-hydrogen) atoms. The van der Waals surface area contributed by atoms with Crippen LogP contribution < -0.4 is 0 Å². The summed E-state index contributed by atoms with van der Waals surface area (Å²) >= 11 is 0. The van der Waals surface area contributed by atoms with E-state index in [0.717, 1.165) is 0 Å². The lowest BCUT2D eigenvalue weighted by Crippen LogP contribution is -2.12. The first kappa shape index (κ1) is 8.48. The molecule has 0 aromatic rings. The minimum Gasteiger partial charge on any atom is -0.358 e. The van der Waals surface area contributed by atoms with Crippen molar-refractivity contribution in [2.45, 2.75) is 20.1 Å². The average Bonchev–Trinajstić information content (AvgIpc) is 1.83. The minimum atomic E-state index is -1.03. The lowest BCUT2D eigenvalue weighted by Gasteiger charge is -2.06. The van der Waals surface area contributed by atoms with Crippen molar-refractivity contribution in [2.24, 2.45) is 5.92 Å². The van der Waals surface area contributed by atoms with E-state index in [1.54, 1.807) is 0 Å². The summed E-state index contributed by atoms with van der Waals surface area (Å²) in [6.45, 7) is 4.48. The first-order valence-electron chi connectivity index (χ1n) is 2.92. The molecule has 0 aromatic heterocycles. The molecule has 0 saturated carbocycles. The van der Waals surface area contributed by atoms with Crippen LogP contribution >= 0.6 is 0 Å². The van der Waals surface area contributed by atoms with Gasteiger partial charge in [-0.3, -0.25) is 0 Å². The van der Waals surface area contributed by atoms with Gasteiger partial charge in [0.05, 0.1) is 6.61 Å². The molecule has 0 heterocycles. The number of aliphatic hydroxyl groups excluding tert-OH is 1. The molecule has 0 amide bonds. The zero-order valence-corrected chi connectivity index (χ0v) is 5.79. The van der Waals surface area contributed by atoms with E-state index < -0.39 is 6.29 Å². The summed E-state index contributed by atoms with van der Waals surface area (Å²) in [6.07, 6.45) is 3.80. The van der Waals surface area contributed by atoms with Crippen LogP contribution in [0.1, 0.15) is 13.8 Å². The van der Waals surface area contributed by atoms with Crippen molar-refractivity contribution in [3.05, 3.63) is 0 Å². The summed E-state index contributed by atoms with van der Waals surface area (Å²) in [5.41, 5.74) is 0. The molecule has 0 saturated heterocycles. The summed E-state index contributed by atoms with van der Waals surface area (Å²) < 4.78 is 4.77. The highest BCUT2D eigenvalue weighted by Crippen LogP contribution is 1.94. The van der Waals surface area contributed by atoms with Gasteiger partial charge in [0.2, 0.25) is 6.29 Å². The Labute approximate surface area is 55.8 Å². The minimum absolute atomic E-state index is 0.410. The van der Waals surface area contributed by atoms with E-state index in [1.165, 1.54) is 0 Å². The van der Waals surface area contributed by atoms with Crippen molar-refractivity contribution in [1.29, 1.82) is 0 Å². The summed E-state index contributed by atoms with van der Waals surface area (Å²) in [5, 5.41) is 8.65. The largest absolute Gasteiger partial charge is 0.358 e. The number of hydrogen-bond donors (Lipinski definition) is 1. The van der Waals surface area contributed by atoms with Gasteiger partial charge in [-0.05, 0) is 11.8 Å². The number of ether oxygens (including phenoxy) is 1. The van der Waals surface area contributed by atoms with E-state index in [2.05, 4.69) is 5.92 Å². The van der Waals surface area contributed by atoms with Gasteiger partial charge in [0, 0.05) is 0 Å². The Morgan fingerprint density at radius 1 is 1.67 bits per heavy atom. The number of aliphatic hydroxyl groups is 1. The molecule has 2 heteroatoms. The number of terminal acetylenes is 1. The Hall–Kier alpha value is -0.520. The monoisotopic (exact) mass is 128 g/mol. The molecule has 1 unspecified atom stereocenters. The summed E-state index contributed by atoms with van der Waals surface area (Å²) in [4.78, 5) is 0. The molecule has 1 atom stereocenters. The van der Waals surface area contributed by atoms with Crippen LogP contribution in [-0.2, 0) is 4.74 Å². The molecule has 0 fully saturated rings. The number of rotatable bonds is 3. The highest BCUT2D eigenvalue weighted by Gasteiger charge is 1.98. The van der Waals surface area contributed by atoms with Crippen LogP contribution in [0.4, 0.5) is 0 Å². The zero-order chi connectivity index (χ0) is 7.28. The molecular weight excluding hydrogens is 116 g/mol. The third kappa shape index (κ3) is 5.35. The second kappa shape index (κ2) is 4.37. The maximum absolute atomic E-state index is 8.65. The molecule has 1 N–H and O–H groups in total. The van der Waals surface area contributed by atoms with Crippen LogP contribution in [-0.4, -0.2) is 18.0 Å². The van der Waals surface area contributed by atoms with Gasteiger partial charge in [-0.15, -0.1) is 6.42 Å². The SMILES string of the molecule is C#CC(O)OCC(C)C. The summed E-state index contributed by atoms with van der Waals surface area (Å²) in [6, 6.07) is 0. The number of hydrogen-bond acceptors (Lipinski definition) is 2. The van der Waals surface area contributed by atoms with Crippen molar-refractivity contribution < 1.29 is 9.84 Å². The van der Waals surface area contributed by atoms with Crippen LogP contribution in [0, 0.1) is 18.3 Å². The van der Waals surface area contributed by atoms with Gasteiger partial charge in [0.15, 0.2) is 0 Å². The molecule has 0 radical (unpaired) electrons. The fraction of sp³-hybridized carbons (Fsp3) is 0.714. The predicted octanol–water partition coefficient (Wildman–Crippen LogP) is 0.611. The molecule has 52 valence electrons. The second-order valence-corrected chi connectivity index (χ2v) is 2.25. The van der Waals surface area contributed by atoms with E-state index >= 15 is 0 Å². The highest BCUT2D eigenvalue weighted by molar-refractivity contribution is 4.87. The van der Waals surface area contributed by atoms with Gasteiger partial charge in [-0.2, -0.15) is 0 Å². The van der Waals surface area contributed by atoms with Crippen molar-refractivity contribution >= 4 is 0 Å². The molecule has 0 rings (SSSR count). The standard InChI is InChI=1S/C7H12O2/c1-4-7(8)9-5-6(2)3/h1,6-8H,5H2,2-3H3. The Morgan fingerprint density at radius 2 is 2.22 bits per heavy atom. The second-order valence-electron chi connectivity index (χ2n) is 2.25. The molecule has 0 aliphatic heterocycles. The van der Waals surface area contributed by atoms with Crippen molar-refractivity contribution in [3.8, 4) is 12.3 Å². The lowest BCUT2D eigenvalue weighted by atomic mass is 10.2. The fourth-order valence-electron chi connectivity index (χ4n) is 0.332. The Bertz CT molecular complexity index is 102. The molecule has 2 nitrogen and oxygen atoms in total. The molecule has 0 bridgehead atoms. The van der Waals surface area contributed by atoms with Crippen LogP contribution in [0.2, 0.25) is 0 Å². The van der Waals surface area contributed by atoms with E-state index in [-0.39, 0.29) is 0 Å². The molecule has 0 aliphatic carbocycles. The van der Waals surface area contributed by atoms with Crippen molar-refractivity contribution in [3.63, 3.8) is 0 Å². The van der Waals surface area contributed by atoms with Gasteiger partial charge in [0.1, 0.15) is 0 Å². The Kier molecular flexibility index (Phi) is 4.12. The maximum atomic E-state index is 8.65. The fourth-order valence-corrected chi connectivity index (χ4v) is 0.332. The normalized spacial score (nSPS) is 13.2. The third-order valence-corrected chi connectivity index (χ3v) is 0.730. The summed E-state index contributed by atoms with van der Waals surface area (Å²) in [7, 11) is 0. The lowest BCUT2D eigenvalue weighted by molar-refractivity contribution is -0.0662. The Balaban J connectivity index is 3.19. The highest BCUT2D eigenvalue weighted by atomic mass is 16.6. The van der Waals surface area contributed by atoms with E-state index in [0.29, 0.717) is 12.5 Å². The first-order valence-corrected chi connectivity index (χ1v) is 2.92. The molecule has 0 aliphatic rings. The van der Waals surface area contributed by atoms with Crippen LogP contribution in [0.15, 0.2) is 0 Å². The van der Waals surface area contributed by atoms with E-state index in [4.69, 9.17) is 16.3 Å². The van der Waals surface area contributed by atoms with Crippen LogP contribution in [0.3, 0.4) is 0 Å². The smallest absolute Gasteiger partial charge is 0.219 e. The first-order chi connectivity index (χ1) is 4.16. The molecule has 0 spiro atoms. The average molecular weight is 128 g/mol. The van der Waals surface area contributed by atoms with Gasteiger partial charge >= 0.3 is 0 Å². The summed E-state index contributed by atoms with van der Waals surface area (Å²) in [5.74, 6) is 2.46. The predicted molar refractivity (Wildman–Crippen MR) is 35.6 cm³/mol. The van der Waals surface area contributed by atoms with E-state index in [1.807, 2.05) is 13.8 Å².